The number of piperidine rings is 1. The Hall–Kier alpha value is -1.96. The first-order valence-electron chi connectivity index (χ1n) is 10.1. The van der Waals surface area contributed by atoms with E-state index in [0.29, 0.717) is 44.1 Å². The molecule has 0 radical (unpaired) electrons. The summed E-state index contributed by atoms with van der Waals surface area (Å²) in [6, 6.07) is 0. The van der Waals surface area contributed by atoms with E-state index in [9.17, 15) is 14.4 Å². The van der Waals surface area contributed by atoms with Gasteiger partial charge in [-0.1, -0.05) is 18.7 Å². The van der Waals surface area contributed by atoms with E-state index in [1.54, 1.807) is 16.7 Å². The molecule has 1 aliphatic carbocycles. The van der Waals surface area contributed by atoms with Crippen molar-refractivity contribution < 1.29 is 14.4 Å². The molecule has 0 aromatic carbocycles. The summed E-state index contributed by atoms with van der Waals surface area (Å²) in [5.74, 6) is 0.337. The first kappa shape index (κ1) is 19.4. The molecule has 2 unspecified atom stereocenters. The number of nitrogens with zero attached hydrogens (tertiary/aromatic N) is 3. The van der Waals surface area contributed by atoms with Gasteiger partial charge in [0.1, 0.15) is 11.8 Å². The maximum atomic E-state index is 12.6. The van der Waals surface area contributed by atoms with E-state index in [4.69, 9.17) is 5.73 Å². The minimum Gasteiger partial charge on any atom is -0.369 e. The van der Waals surface area contributed by atoms with Gasteiger partial charge in [-0.25, -0.2) is 4.99 Å². The first-order valence-corrected chi connectivity index (χ1v) is 10.9. The number of nitrogens with two attached hydrogens (primary N) is 1. The average molecular weight is 403 g/mol. The van der Waals surface area contributed by atoms with Gasteiger partial charge in [0.25, 0.3) is 5.91 Å². The zero-order chi connectivity index (χ0) is 19.8. The van der Waals surface area contributed by atoms with Crippen LogP contribution in [0.4, 0.5) is 0 Å². The summed E-state index contributed by atoms with van der Waals surface area (Å²) in [5, 5.41) is 0.851. The predicted molar refractivity (Wildman–Crippen MR) is 109 cm³/mol. The van der Waals surface area contributed by atoms with Crippen LogP contribution in [-0.2, 0) is 14.4 Å². The molecule has 4 rings (SSSR count). The standard InChI is InChI=1S/C20H26N4O3S/c1-11-2-3-13-14(10-11)28-20-17(13)19(27)22-15(23-20)4-5-16(25)24-8-6-12(7-9-24)18(21)26/h11-12,17H,2-10H2,1H3,(H2,21,26). The number of aliphatic imine (C=N–C) groups is 2. The van der Waals surface area contributed by atoms with Crippen LogP contribution in [0.3, 0.4) is 0 Å². The number of fused-ring (bicyclic) bond motifs is 2. The van der Waals surface area contributed by atoms with Crippen molar-refractivity contribution in [2.24, 2.45) is 33.5 Å². The normalized spacial score (nSPS) is 27.9. The molecule has 2 atom stereocenters. The smallest absolute Gasteiger partial charge is 0.261 e. The fraction of sp³-hybridized carbons (Fsp3) is 0.650. The van der Waals surface area contributed by atoms with E-state index >= 15 is 0 Å². The number of likely N-dealkylation sites (tertiary alicyclic amines) is 1. The van der Waals surface area contributed by atoms with Crippen molar-refractivity contribution in [3.05, 3.63) is 10.5 Å². The molecule has 2 N–H and O–H groups in total. The van der Waals surface area contributed by atoms with Gasteiger partial charge in [0.2, 0.25) is 11.8 Å². The highest BCUT2D eigenvalue weighted by Gasteiger charge is 2.41. The molecule has 1 saturated heterocycles. The summed E-state index contributed by atoms with van der Waals surface area (Å²) in [5.41, 5.74) is 6.57. The Morgan fingerprint density at radius 2 is 1.96 bits per heavy atom. The van der Waals surface area contributed by atoms with Crippen LogP contribution in [0.2, 0.25) is 0 Å². The summed E-state index contributed by atoms with van der Waals surface area (Å²) < 4.78 is 0. The van der Waals surface area contributed by atoms with Gasteiger partial charge in [-0.3, -0.25) is 14.4 Å². The third-order valence-electron chi connectivity index (χ3n) is 6.16. The van der Waals surface area contributed by atoms with E-state index in [1.165, 1.54) is 10.5 Å². The van der Waals surface area contributed by atoms with E-state index in [2.05, 4.69) is 16.9 Å². The largest absolute Gasteiger partial charge is 0.369 e. The van der Waals surface area contributed by atoms with Gasteiger partial charge in [0.15, 0.2) is 0 Å². The molecule has 150 valence electrons. The van der Waals surface area contributed by atoms with E-state index in [0.717, 1.165) is 24.3 Å². The first-order chi connectivity index (χ1) is 13.4. The van der Waals surface area contributed by atoms with Gasteiger partial charge < -0.3 is 10.6 Å². The highest BCUT2D eigenvalue weighted by molar-refractivity contribution is 8.17. The number of amides is 3. The number of carbonyl (C=O) groups excluding carboxylic acids is 3. The fourth-order valence-electron chi connectivity index (χ4n) is 4.43. The number of thioether (sulfide) groups is 1. The van der Waals surface area contributed by atoms with Crippen LogP contribution in [0.5, 0.6) is 0 Å². The molecule has 3 heterocycles. The number of primary amides is 1. The molecule has 1 fully saturated rings. The van der Waals surface area contributed by atoms with Crippen molar-refractivity contribution >= 4 is 40.4 Å². The maximum Gasteiger partial charge on any atom is 0.261 e. The molecule has 0 aromatic heterocycles. The van der Waals surface area contributed by atoms with Crippen molar-refractivity contribution in [1.82, 2.24) is 4.90 Å². The van der Waals surface area contributed by atoms with Crippen molar-refractivity contribution in [3.8, 4) is 0 Å². The topological polar surface area (TPSA) is 105 Å². The van der Waals surface area contributed by atoms with E-state index < -0.39 is 0 Å². The fourth-order valence-corrected chi connectivity index (χ4v) is 5.91. The van der Waals surface area contributed by atoms with Gasteiger partial charge in [0, 0.05) is 31.8 Å². The van der Waals surface area contributed by atoms with Crippen molar-refractivity contribution in [1.29, 1.82) is 0 Å². The Balaban J connectivity index is 1.33. The number of rotatable bonds is 4. The Kier molecular flexibility index (Phi) is 5.40. The second-order valence-corrected chi connectivity index (χ2v) is 9.32. The minimum absolute atomic E-state index is 0.0192. The molecular formula is C20H26N4O3S. The van der Waals surface area contributed by atoms with Crippen LogP contribution in [0, 0.1) is 17.8 Å². The predicted octanol–water partition coefficient (Wildman–Crippen LogP) is 2.26. The molecular weight excluding hydrogens is 376 g/mol. The average Bonchev–Trinajstić information content (AvgIpc) is 3.03. The summed E-state index contributed by atoms with van der Waals surface area (Å²) >= 11 is 1.64. The van der Waals surface area contributed by atoms with Gasteiger partial charge in [0.05, 0.1) is 5.04 Å². The Morgan fingerprint density at radius 1 is 1.21 bits per heavy atom. The molecule has 7 nitrogen and oxygen atoms in total. The SMILES string of the molecule is CC1CCC2=C(C1)SC1=NC(CCC(=O)N3CCC(C(N)=O)CC3)=NC(=O)C12. The highest BCUT2D eigenvalue weighted by atomic mass is 32.2. The molecule has 4 aliphatic rings. The van der Waals surface area contributed by atoms with Crippen LogP contribution in [-0.4, -0.2) is 46.6 Å². The second kappa shape index (κ2) is 7.81. The Bertz CT molecular complexity index is 808. The molecule has 0 aromatic rings. The third kappa shape index (κ3) is 3.79. The van der Waals surface area contributed by atoms with Crippen LogP contribution >= 0.6 is 11.8 Å². The van der Waals surface area contributed by atoms with Crippen molar-refractivity contribution in [2.45, 2.75) is 51.9 Å². The molecule has 28 heavy (non-hydrogen) atoms. The number of hydrogen-bond acceptors (Lipinski definition) is 5. The molecule has 0 bridgehead atoms. The van der Waals surface area contributed by atoms with E-state index in [1.807, 2.05) is 0 Å². The monoisotopic (exact) mass is 402 g/mol. The van der Waals surface area contributed by atoms with Crippen LogP contribution in [0.1, 0.15) is 51.9 Å². The lowest BCUT2D eigenvalue weighted by Crippen LogP contribution is -2.41. The number of carbonyl (C=O) groups is 3. The summed E-state index contributed by atoms with van der Waals surface area (Å²) in [6.07, 6.45) is 5.00. The lowest BCUT2D eigenvalue weighted by Gasteiger charge is -2.30. The van der Waals surface area contributed by atoms with Gasteiger partial charge in [-0.2, -0.15) is 4.99 Å². The lowest BCUT2D eigenvalue weighted by atomic mass is 9.84. The zero-order valence-corrected chi connectivity index (χ0v) is 17.0. The summed E-state index contributed by atoms with van der Waals surface area (Å²) in [7, 11) is 0. The Morgan fingerprint density at radius 3 is 2.68 bits per heavy atom. The van der Waals surface area contributed by atoms with Gasteiger partial charge in [-0.15, -0.1) is 0 Å². The van der Waals surface area contributed by atoms with Gasteiger partial charge in [-0.05, 0) is 48.5 Å². The third-order valence-corrected chi connectivity index (χ3v) is 7.37. The van der Waals surface area contributed by atoms with Crippen LogP contribution in [0.25, 0.3) is 0 Å². The summed E-state index contributed by atoms with van der Waals surface area (Å²) in [4.78, 5) is 48.2. The zero-order valence-electron chi connectivity index (χ0n) is 16.1. The summed E-state index contributed by atoms with van der Waals surface area (Å²) in [6.45, 7) is 3.36. The van der Waals surface area contributed by atoms with Gasteiger partial charge >= 0.3 is 0 Å². The quantitative estimate of drug-likeness (QED) is 0.778. The molecule has 3 aliphatic heterocycles. The molecule has 3 amide bonds. The van der Waals surface area contributed by atoms with Crippen LogP contribution in [0.15, 0.2) is 20.5 Å². The molecule has 8 heteroatoms. The van der Waals surface area contributed by atoms with Crippen LogP contribution < -0.4 is 5.73 Å². The highest BCUT2D eigenvalue weighted by Crippen LogP contribution is 2.48. The number of amidine groups is 1. The molecule has 0 spiro atoms. The lowest BCUT2D eigenvalue weighted by molar-refractivity contribution is -0.134. The Labute approximate surface area is 168 Å². The van der Waals surface area contributed by atoms with Crippen molar-refractivity contribution in [2.75, 3.05) is 13.1 Å². The number of allylic oxidation sites excluding steroid dienone is 1. The second-order valence-electron chi connectivity index (χ2n) is 8.21. The van der Waals surface area contributed by atoms with Crippen molar-refractivity contribution in [3.63, 3.8) is 0 Å². The van der Waals surface area contributed by atoms with E-state index in [-0.39, 0.29) is 36.0 Å². The number of hydrogen-bond donors (Lipinski definition) is 1. The minimum atomic E-state index is -0.285. The maximum absolute atomic E-state index is 12.6. The molecule has 0 saturated carbocycles.